The maximum atomic E-state index is 5.59. The first-order valence-corrected chi connectivity index (χ1v) is 9.78. The molecule has 0 N–H and O–H groups in total. The smallest absolute Gasteiger partial charge is 0.213 e. The fourth-order valence-electron chi connectivity index (χ4n) is 3.99. The van der Waals surface area contributed by atoms with Gasteiger partial charge in [-0.3, -0.25) is 0 Å². The molecule has 1 aliphatic rings. The molecule has 0 aliphatic carbocycles. The minimum Gasteiger partial charge on any atom is -0.496 e. The Balaban J connectivity index is 1.80. The summed E-state index contributed by atoms with van der Waals surface area (Å²) in [6, 6.07) is 16.1. The van der Waals surface area contributed by atoms with Crippen molar-refractivity contribution in [2.24, 2.45) is 5.92 Å². The van der Waals surface area contributed by atoms with E-state index in [9.17, 15) is 0 Å². The van der Waals surface area contributed by atoms with E-state index in [1.807, 2.05) is 42.5 Å². The van der Waals surface area contributed by atoms with Gasteiger partial charge in [-0.2, -0.15) is 0 Å². The number of hydrogen-bond donors (Lipinski definition) is 0. The lowest BCUT2D eigenvalue weighted by Crippen LogP contribution is -2.34. The van der Waals surface area contributed by atoms with Gasteiger partial charge in [0.1, 0.15) is 5.75 Å². The van der Waals surface area contributed by atoms with E-state index in [0.717, 1.165) is 58.6 Å². The van der Waals surface area contributed by atoms with Gasteiger partial charge in [-0.15, -0.1) is 10.2 Å². The van der Waals surface area contributed by atoms with Crippen molar-refractivity contribution in [1.82, 2.24) is 19.6 Å². The van der Waals surface area contributed by atoms with E-state index < -0.39 is 0 Å². The summed E-state index contributed by atoms with van der Waals surface area (Å²) in [5.74, 6) is 3.20. The SMILES string of the molecule is COc1ccccc1-c1nnc2c3ccccc3nc(N3CCC(C)CC3)n12. The summed E-state index contributed by atoms with van der Waals surface area (Å²) >= 11 is 0. The molecule has 5 rings (SSSR count). The highest BCUT2D eigenvalue weighted by Crippen LogP contribution is 2.33. The van der Waals surface area contributed by atoms with Crippen LogP contribution in [0.25, 0.3) is 27.9 Å². The number of anilines is 1. The van der Waals surface area contributed by atoms with Crippen molar-refractivity contribution in [2.75, 3.05) is 25.1 Å². The summed E-state index contributed by atoms with van der Waals surface area (Å²) in [4.78, 5) is 7.40. The largest absolute Gasteiger partial charge is 0.496 e. The van der Waals surface area contributed by atoms with Gasteiger partial charge < -0.3 is 9.64 Å². The Morgan fingerprint density at radius 1 is 0.964 bits per heavy atom. The maximum absolute atomic E-state index is 5.59. The molecular weight excluding hydrogens is 350 g/mol. The van der Waals surface area contributed by atoms with Crippen molar-refractivity contribution in [3.05, 3.63) is 48.5 Å². The van der Waals surface area contributed by atoms with Crippen LogP contribution in [-0.2, 0) is 0 Å². The first-order valence-electron chi connectivity index (χ1n) is 9.78. The monoisotopic (exact) mass is 373 g/mol. The highest BCUT2D eigenvalue weighted by Gasteiger charge is 2.24. The highest BCUT2D eigenvalue weighted by molar-refractivity contribution is 5.93. The Labute approximate surface area is 163 Å². The van der Waals surface area contributed by atoms with E-state index in [4.69, 9.17) is 9.72 Å². The molecule has 6 heteroatoms. The van der Waals surface area contributed by atoms with Gasteiger partial charge in [-0.05, 0) is 43.0 Å². The molecule has 0 saturated carbocycles. The lowest BCUT2D eigenvalue weighted by Gasteiger charge is -2.31. The molecule has 2 aromatic carbocycles. The van der Waals surface area contributed by atoms with Gasteiger partial charge in [0.15, 0.2) is 11.5 Å². The minimum atomic E-state index is 0.752. The molecule has 28 heavy (non-hydrogen) atoms. The molecule has 1 saturated heterocycles. The number of para-hydroxylation sites is 2. The zero-order chi connectivity index (χ0) is 19.1. The number of rotatable bonds is 3. The number of methoxy groups -OCH3 is 1. The van der Waals surface area contributed by atoms with Crippen LogP contribution in [0.1, 0.15) is 19.8 Å². The van der Waals surface area contributed by atoms with Crippen molar-refractivity contribution in [1.29, 1.82) is 0 Å². The molecule has 0 bridgehead atoms. The van der Waals surface area contributed by atoms with Crippen molar-refractivity contribution in [3.8, 4) is 17.1 Å². The first kappa shape index (κ1) is 17.0. The quantitative estimate of drug-likeness (QED) is 0.539. The predicted octanol–water partition coefficient (Wildman–Crippen LogP) is 4.19. The van der Waals surface area contributed by atoms with Gasteiger partial charge in [0, 0.05) is 18.5 Å². The van der Waals surface area contributed by atoms with Gasteiger partial charge >= 0.3 is 0 Å². The van der Waals surface area contributed by atoms with Crippen LogP contribution in [0, 0.1) is 5.92 Å². The normalized spacial score (nSPS) is 15.4. The van der Waals surface area contributed by atoms with E-state index in [1.54, 1.807) is 7.11 Å². The van der Waals surface area contributed by atoms with E-state index in [2.05, 4.69) is 32.5 Å². The van der Waals surface area contributed by atoms with E-state index in [1.165, 1.54) is 12.8 Å². The summed E-state index contributed by atoms with van der Waals surface area (Å²) in [6.07, 6.45) is 2.34. The Morgan fingerprint density at radius 3 is 2.54 bits per heavy atom. The molecule has 1 aliphatic heterocycles. The molecule has 3 heterocycles. The van der Waals surface area contributed by atoms with Crippen molar-refractivity contribution >= 4 is 22.5 Å². The molecule has 0 unspecified atom stereocenters. The van der Waals surface area contributed by atoms with Crippen LogP contribution in [0.15, 0.2) is 48.5 Å². The zero-order valence-electron chi connectivity index (χ0n) is 16.2. The molecule has 0 radical (unpaired) electrons. The first-order chi connectivity index (χ1) is 13.8. The number of hydrogen-bond acceptors (Lipinski definition) is 5. The topological polar surface area (TPSA) is 55.6 Å². The van der Waals surface area contributed by atoms with Gasteiger partial charge in [0.25, 0.3) is 0 Å². The van der Waals surface area contributed by atoms with Gasteiger partial charge in [0.2, 0.25) is 5.95 Å². The minimum absolute atomic E-state index is 0.752. The fourth-order valence-corrected chi connectivity index (χ4v) is 3.99. The molecule has 4 aromatic rings. The summed E-state index contributed by atoms with van der Waals surface area (Å²) in [7, 11) is 1.68. The average molecular weight is 373 g/mol. The molecule has 142 valence electrons. The fraction of sp³-hybridized carbons (Fsp3) is 0.318. The number of fused-ring (bicyclic) bond motifs is 3. The molecule has 0 amide bonds. The Morgan fingerprint density at radius 2 is 1.71 bits per heavy atom. The van der Waals surface area contributed by atoms with Crippen molar-refractivity contribution in [3.63, 3.8) is 0 Å². The highest BCUT2D eigenvalue weighted by atomic mass is 16.5. The summed E-state index contributed by atoms with van der Waals surface area (Å²) in [6.45, 7) is 4.30. The lowest BCUT2D eigenvalue weighted by atomic mass is 9.99. The van der Waals surface area contributed by atoms with Gasteiger partial charge in [0.05, 0.1) is 18.2 Å². The summed E-state index contributed by atoms with van der Waals surface area (Å²) < 4.78 is 7.68. The summed E-state index contributed by atoms with van der Waals surface area (Å²) in [5.41, 5.74) is 2.70. The van der Waals surface area contributed by atoms with Crippen LogP contribution in [-0.4, -0.2) is 39.8 Å². The molecule has 6 nitrogen and oxygen atoms in total. The number of nitrogens with zero attached hydrogens (tertiary/aromatic N) is 5. The number of benzene rings is 2. The molecule has 0 atom stereocenters. The van der Waals surface area contributed by atoms with Crippen LogP contribution in [0.2, 0.25) is 0 Å². The molecular formula is C22H23N5O. The molecule has 1 fully saturated rings. The third-order valence-electron chi connectivity index (χ3n) is 5.64. The third kappa shape index (κ3) is 2.68. The number of aromatic nitrogens is 4. The average Bonchev–Trinajstić information content (AvgIpc) is 3.19. The Hall–Kier alpha value is -3.15. The third-order valence-corrected chi connectivity index (χ3v) is 5.64. The summed E-state index contributed by atoms with van der Waals surface area (Å²) in [5, 5.41) is 10.1. The standard InChI is InChI=1S/C22H23N5O/c1-15-11-13-26(14-12-15)22-23-18-9-5-3-7-16(18)20-24-25-21(27(20)22)17-8-4-6-10-19(17)28-2/h3-10,15H,11-14H2,1-2H3. The van der Waals surface area contributed by atoms with Crippen molar-refractivity contribution in [2.45, 2.75) is 19.8 Å². The van der Waals surface area contributed by atoms with E-state index in [0.29, 0.717) is 0 Å². The number of ether oxygens (including phenoxy) is 1. The maximum Gasteiger partial charge on any atom is 0.213 e. The molecule has 2 aromatic heterocycles. The Bertz CT molecular complexity index is 1140. The van der Waals surface area contributed by atoms with Crippen LogP contribution in [0.4, 0.5) is 5.95 Å². The second kappa shape index (κ2) is 6.78. The van der Waals surface area contributed by atoms with E-state index >= 15 is 0 Å². The lowest BCUT2D eigenvalue weighted by molar-refractivity contribution is 0.416. The van der Waals surface area contributed by atoms with Gasteiger partial charge in [-0.1, -0.05) is 31.2 Å². The second-order valence-electron chi connectivity index (χ2n) is 7.48. The van der Waals surface area contributed by atoms with Crippen LogP contribution >= 0.6 is 0 Å². The number of piperidine rings is 1. The van der Waals surface area contributed by atoms with Crippen LogP contribution in [0.5, 0.6) is 5.75 Å². The zero-order valence-corrected chi connectivity index (χ0v) is 16.2. The Kier molecular flexibility index (Phi) is 4.11. The molecule has 0 spiro atoms. The predicted molar refractivity (Wildman–Crippen MR) is 111 cm³/mol. The van der Waals surface area contributed by atoms with Gasteiger partial charge in [-0.25, -0.2) is 9.38 Å². The second-order valence-corrected chi connectivity index (χ2v) is 7.48. The van der Waals surface area contributed by atoms with Crippen LogP contribution < -0.4 is 9.64 Å². The van der Waals surface area contributed by atoms with E-state index in [-0.39, 0.29) is 0 Å². The van der Waals surface area contributed by atoms with Crippen LogP contribution in [0.3, 0.4) is 0 Å². The van der Waals surface area contributed by atoms with Crippen molar-refractivity contribution < 1.29 is 4.74 Å².